The average molecular weight is 281 g/mol. The Morgan fingerprint density at radius 2 is 2.32 bits per heavy atom. The number of aromatic nitrogens is 1. The molecular weight excluding hydrogens is 266 g/mol. The van der Waals surface area contributed by atoms with Gasteiger partial charge in [-0.2, -0.15) is 0 Å². The molecule has 2 aromatic rings. The average Bonchev–Trinajstić information content (AvgIpc) is 2.82. The summed E-state index contributed by atoms with van der Waals surface area (Å²) in [6, 6.07) is 7.03. The van der Waals surface area contributed by atoms with Gasteiger partial charge in [-0.05, 0) is 30.5 Å². The highest BCUT2D eigenvalue weighted by atomic mass is 32.2. The molecule has 0 aliphatic heterocycles. The predicted octanol–water partition coefficient (Wildman–Crippen LogP) is 2.63. The predicted molar refractivity (Wildman–Crippen MR) is 75.1 cm³/mol. The summed E-state index contributed by atoms with van der Waals surface area (Å²) in [5, 5.41) is 7.25. The lowest BCUT2D eigenvalue weighted by atomic mass is 10.2. The number of urea groups is 1. The van der Waals surface area contributed by atoms with E-state index >= 15 is 0 Å². The molecule has 102 valence electrons. The maximum Gasteiger partial charge on any atom is 0.330 e. The second-order valence-electron chi connectivity index (χ2n) is 3.78. The van der Waals surface area contributed by atoms with E-state index in [9.17, 15) is 4.79 Å². The van der Waals surface area contributed by atoms with Gasteiger partial charge in [0.05, 0.1) is 5.39 Å². The van der Waals surface area contributed by atoms with E-state index in [0.29, 0.717) is 18.0 Å². The smallest absolute Gasteiger partial charge is 0.330 e. The number of nitrogens with zero attached hydrogens (tertiary/aromatic N) is 1. The first-order valence-electron chi connectivity index (χ1n) is 5.83. The molecule has 0 saturated carbocycles. The van der Waals surface area contributed by atoms with Gasteiger partial charge in [-0.1, -0.05) is 17.3 Å². The minimum atomic E-state index is -0.318. The first kappa shape index (κ1) is 13.7. The van der Waals surface area contributed by atoms with E-state index in [1.54, 1.807) is 13.2 Å². The second-order valence-corrected chi connectivity index (χ2v) is 4.68. The Kier molecular flexibility index (Phi) is 5.05. The number of ether oxygens (including phenoxy) is 1. The zero-order chi connectivity index (χ0) is 13.5. The lowest BCUT2D eigenvalue weighted by Gasteiger charge is -2.04. The normalized spacial score (nSPS) is 10.6. The number of amides is 2. The SMILES string of the molecule is COCCCSNC(=O)Nc1noc2ccccc12. The standard InChI is InChI=1S/C12H15N3O3S/c1-17-7-4-8-19-15-12(16)13-11-9-5-2-3-6-10(9)18-14-11/h2-3,5-6H,4,7-8H2,1H3,(H2,13,14,15,16). The Morgan fingerprint density at radius 3 is 3.16 bits per heavy atom. The van der Waals surface area contributed by atoms with Crippen LogP contribution in [0.4, 0.5) is 10.6 Å². The number of benzene rings is 1. The van der Waals surface area contributed by atoms with E-state index in [1.165, 1.54) is 11.9 Å². The van der Waals surface area contributed by atoms with Gasteiger partial charge in [0.1, 0.15) is 0 Å². The highest BCUT2D eigenvalue weighted by Gasteiger charge is 2.10. The van der Waals surface area contributed by atoms with Crippen molar-refractivity contribution in [2.45, 2.75) is 6.42 Å². The molecule has 19 heavy (non-hydrogen) atoms. The van der Waals surface area contributed by atoms with Crippen LogP contribution in [0.25, 0.3) is 11.0 Å². The molecule has 2 rings (SSSR count). The molecule has 0 atom stereocenters. The van der Waals surface area contributed by atoms with Crippen LogP contribution in [0.5, 0.6) is 0 Å². The van der Waals surface area contributed by atoms with Gasteiger partial charge in [0, 0.05) is 19.5 Å². The lowest BCUT2D eigenvalue weighted by Crippen LogP contribution is -2.23. The van der Waals surface area contributed by atoms with E-state index in [-0.39, 0.29) is 6.03 Å². The molecule has 0 bridgehead atoms. The van der Waals surface area contributed by atoms with Crippen LogP contribution in [0.2, 0.25) is 0 Å². The van der Waals surface area contributed by atoms with Crippen LogP contribution in [0.15, 0.2) is 28.8 Å². The molecule has 1 heterocycles. The number of rotatable bonds is 6. The summed E-state index contributed by atoms with van der Waals surface area (Å²) in [5.41, 5.74) is 0.644. The van der Waals surface area contributed by atoms with Gasteiger partial charge in [0.25, 0.3) is 0 Å². The first-order valence-corrected chi connectivity index (χ1v) is 6.82. The van der Waals surface area contributed by atoms with Gasteiger partial charge in [-0.25, -0.2) is 4.79 Å². The summed E-state index contributed by atoms with van der Waals surface area (Å²) < 4.78 is 12.7. The number of methoxy groups -OCH3 is 1. The van der Waals surface area contributed by atoms with E-state index in [2.05, 4.69) is 15.2 Å². The Hall–Kier alpha value is -1.73. The summed E-state index contributed by atoms with van der Waals surface area (Å²) in [7, 11) is 1.65. The Bertz CT molecular complexity index is 544. The lowest BCUT2D eigenvalue weighted by molar-refractivity contribution is 0.200. The molecule has 1 aromatic heterocycles. The molecule has 2 N–H and O–H groups in total. The number of hydrogen-bond acceptors (Lipinski definition) is 5. The molecule has 0 radical (unpaired) electrons. The van der Waals surface area contributed by atoms with Crippen molar-refractivity contribution in [3.63, 3.8) is 0 Å². The van der Waals surface area contributed by atoms with E-state index in [1.807, 2.05) is 18.2 Å². The summed E-state index contributed by atoms with van der Waals surface area (Å²) in [6.07, 6.45) is 0.883. The summed E-state index contributed by atoms with van der Waals surface area (Å²) in [5.74, 6) is 1.21. The third-order valence-corrected chi connectivity index (χ3v) is 3.19. The van der Waals surface area contributed by atoms with Crippen molar-refractivity contribution in [1.82, 2.24) is 9.88 Å². The molecular formula is C12H15N3O3S. The fraction of sp³-hybridized carbons (Fsp3) is 0.333. The zero-order valence-corrected chi connectivity index (χ0v) is 11.3. The van der Waals surface area contributed by atoms with Crippen LogP contribution in [-0.4, -0.2) is 30.7 Å². The monoisotopic (exact) mass is 281 g/mol. The Labute approximate surface area is 115 Å². The molecule has 6 nitrogen and oxygen atoms in total. The Balaban J connectivity index is 1.82. The van der Waals surface area contributed by atoms with E-state index in [4.69, 9.17) is 9.26 Å². The minimum Gasteiger partial charge on any atom is -0.385 e. The van der Waals surface area contributed by atoms with Crippen molar-refractivity contribution in [2.75, 3.05) is 24.8 Å². The molecule has 1 aromatic carbocycles. The highest BCUT2D eigenvalue weighted by molar-refractivity contribution is 7.97. The molecule has 2 amide bonds. The molecule has 0 unspecified atom stereocenters. The zero-order valence-electron chi connectivity index (χ0n) is 10.5. The Morgan fingerprint density at radius 1 is 1.47 bits per heavy atom. The largest absolute Gasteiger partial charge is 0.385 e. The number of hydrogen-bond donors (Lipinski definition) is 2. The number of carbonyl (C=O) groups excluding carboxylic acids is 1. The maximum absolute atomic E-state index is 11.6. The maximum atomic E-state index is 11.6. The van der Waals surface area contributed by atoms with Gasteiger partial charge >= 0.3 is 6.03 Å². The van der Waals surface area contributed by atoms with Crippen molar-refractivity contribution in [1.29, 1.82) is 0 Å². The van der Waals surface area contributed by atoms with Crippen molar-refractivity contribution < 1.29 is 14.1 Å². The van der Waals surface area contributed by atoms with Gasteiger partial charge in [0.2, 0.25) is 0 Å². The fourth-order valence-electron chi connectivity index (χ4n) is 1.50. The molecule has 7 heteroatoms. The van der Waals surface area contributed by atoms with Gasteiger partial charge < -0.3 is 9.26 Å². The summed E-state index contributed by atoms with van der Waals surface area (Å²) in [4.78, 5) is 11.6. The molecule has 0 fully saturated rings. The van der Waals surface area contributed by atoms with Crippen molar-refractivity contribution in [3.8, 4) is 0 Å². The van der Waals surface area contributed by atoms with Crippen LogP contribution >= 0.6 is 11.9 Å². The van der Waals surface area contributed by atoms with E-state index in [0.717, 1.165) is 17.6 Å². The highest BCUT2D eigenvalue weighted by Crippen LogP contribution is 2.21. The molecule has 0 saturated heterocycles. The van der Waals surface area contributed by atoms with Crippen LogP contribution in [0, 0.1) is 0 Å². The van der Waals surface area contributed by atoms with Gasteiger partial charge in [-0.3, -0.25) is 10.0 Å². The van der Waals surface area contributed by atoms with Crippen molar-refractivity contribution in [2.24, 2.45) is 0 Å². The fourth-order valence-corrected chi connectivity index (χ4v) is 2.05. The van der Waals surface area contributed by atoms with Crippen LogP contribution in [0.3, 0.4) is 0 Å². The van der Waals surface area contributed by atoms with Crippen molar-refractivity contribution >= 4 is 34.8 Å². The second kappa shape index (κ2) is 7.01. The van der Waals surface area contributed by atoms with Gasteiger partial charge in [0.15, 0.2) is 11.4 Å². The third-order valence-electron chi connectivity index (χ3n) is 2.37. The number of para-hydroxylation sites is 1. The van der Waals surface area contributed by atoms with Crippen LogP contribution in [-0.2, 0) is 4.74 Å². The van der Waals surface area contributed by atoms with Crippen molar-refractivity contribution in [3.05, 3.63) is 24.3 Å². The summed E-state index contributed by atoms with van der Waals surface area (Å²) >= 11 is 1.33. The number of fused-ring (bicyclic) bond motifs is 1. The quantitative estimate of drug-likeness (QED) is 0.629. The summed E-state index contributed by atoms with van der Waals surface area (Å²) in [6.45, 7) is 0.685. The first-order chi connectivity index (χ1) is 9.31. The van der Waals surface area contributed by atoms with Crippen LogP contribution in [0.1, 0.15) is 6.42 Å². The number of anilines is 1. The van der Waals surface area contributed by atoms with Crippen LogP contribution < -0.4 is 10.0 Å². The third kappa shape index (κ3) is 3.87. The van der Waals surface area contributed by atoms with Gasteiger partial charge in [-0.15, -0.1) is 0 Å². The molecule has 0 aliphatic carbocycles. The van der Waals surface area contributed by atoms with E-state index < -0.39 is 0 Å². The molecule has 0 aliphatic rings. The number of nitrogens with one attached hydrogen (secondary N) is 2. The molecule has 0 spiro atoms. The minimum absolute atomic E-state index is 0.318. The topological polar surface area (TPSA) is 76.4 Å². The number of carbonyl (C=O) groups is 1.